The van der Waals surface area contributed by atoms with Crippen LogP contribution in [0.15, 0.2) is 53.7 Å². The molecule has 0 spiro atoms. The van der Waals surface area contributed by atoms with E-state index in [4.69, 9.17) is 0 Å². The van der Waals surface area contributed by atoms with E-state index in [1.807, 2.05) is 28.9 Å². The van der Waals surface area contributed by atoms with Gasteiger partial charge in [-0.2, -0.15) is 23.2 Å². The average Bonchev–Trinajstić information content (AvgIpc) is 3.55. The fraction of sp³-hybridized carbons (Fsp3) is 0.261. The highest BCUT2D eigenvalue weighted by Gasteiger charge is 2.39. The topological polar surface area (TPSA) is 101 Å². The second kappa shape index (κ2) is 7.78. The van der Waals surface area contributed by atoms with Crippen LogP contribution in [0.1, 0.15) is 36.9 Å². The Balaban J connectivity index is 1.60. The van der Waals surface area contributed by atoms with Crippen molar-refractivity contribution in [3.05, 3.63) is 60.1 Å². The quantitative estimate of drug-likeness (QED) is 0.555. The minimum Gasteiger partial charge on any atom is -0.305 e. The van der Waals surface area contributed by atoms with Crippen molar-refractivity contribution in [3.8, 4) is 17.5 Å². The van der Waals surface area contributed by atoms with Crippen LogP contribution in [-0.2, 0) is 10.0 Å². The van der Waals surface area contributed by atoms with Crippen molar-refractivity contribution in [3.63, 3.8) is 0 Å². The van der Waals surface area contributed by atoms with Crippen molar-refractivity contribution in [1.29, 1.82) is 5.26 Å². The van der Waals surface area contributed by atoms with Gasteiger partial charge in [-0.1, -0.05) is 6.08 Å². The van der Waals surface area contributed by atoms with Crippen LogP contribution in [0.5, 0.6) is 0 Å². The molecule has 1 atom stereocenters. The summed E-state index contributed by atoms with van der Waals surface area (Å²) in [4.78, 5) is 8.37. The maximum atomic E-state index is 12.8. The molecule has 174 valence electrons. The molecule has 11 heteroatoms. The maximum Gasteiger partial charge on any atom is 0.404 e. The van der Waals surface area contributed by atoms with E-state index in [9.17, 15) is 26.9 Å². The maximum absolute atomic E-state index is 12.8. The molecule has 3 aromatic heterocycles. The fourth-order valence-electron chi connectivity index (χ4n) is 3.81. The third-order valence-electron chi connectivity index (χ3n) is 5.89. The summed E-state index contributed by atoms with van der Waals surface area (Å²) in [5, 5.41) is 10.7. The van der Waals surface area contributed by atoms with Crippen molar-refractivity contribution in [2.45, 2.75) is 42.8 Å². The monoisotopic (exact) mass is 485 g/mol. The van der Waals surface area contributed by atoms with Crippen LogP contribution in [0.25, 0.3) is 28.0 Å². The van der Waals surface area contributed by atoms with E-state index in [0.717, 1.165) is 42.7 Å². The number of alkyl halides is 3. The van der Waals surface area contributed by atoms with E-state index < -0.39 is 27.1 Å². The van der Waals surface area contributed by atoms with E-state index in [1.54, 1.807) is 10.9 Å². The summed E-state index contributed by atoms with van der Waals surface area (Å²) in [5.74, 6) is 0.389. The molecule has 3 heterocycles. The lowest BCUT2D eigenvalue weighted by Crippen LogP contribution is -2.42. The Hall–Kier alpha value is -3.49. The van der Waals surface area contributed by atoms with Gasteiger partial charge in [0.15, 0.2) is 0 Å². The number of hydrogen-bond donors (Lipinski definition) is 1. The Morgan fingerprint density at radius 2 is 1.97 bits per heavy atom. The van der Waals surface area contributed by atoms with E-state index in [0.29, 0.717) is 28.4 Å². The number of pyridine rings is 2. The normalized spacial score (nSPS) is 16.7. The summed E-state index contributed by atoms with van der Waals surface area (Å²) < 4.78 is 66.7. The van der Waals surface area contributed by atoms with Gasteiger partial charge in [0.05, 0.1) is 28.7 Å². The van der Waals surface area contributed by atoms with Gasteiger partial charge in [-0.15, -0.1) is 0 Å². The highest BCUT2D eigenvalue weighted by Crippen LogP contribution is 2.42. The first-order chi connectivity index (χ1) is 16.1. The number of aromatic nitrogens is 3. The number of nitrogens with zero attached hydrogens (tertiary/aromatic N) is 4. The smallest absolute Gasteiger partial charge is 0.305 e. The van der Waals surface area contributed by atoms with Gasteiger partial charge in [0.25, 0.3) is 0 Å². The number of nitrogens with one attached hydrogen (secondary N) is 1. The van der Waals surface area contributed by atoms with Crippen LogP contribution < -0.4 is 4.72 Å². The zero-order chi connectivity index (χ0) is 24.3. The van der Waals surface area contributed by atoms with Crippen LogP contribution >= 0.6 is 0 Å². The van der Waals surface area contributed by atoms with Crippen molar-refractivity contribution >= 4 is 26.6 Å². The minimum absolute atomic E-state index is 0.310. The van der Waals surface area contributed by atoms with Crippen molar-refractivity contribution in [1.82, 2.24) is 19.3 Å². The molecule has 1 N–H and O–H groups in total. The molecule has 0 aliphatic heterocycles. The highest BCUT2D eigenvalue weighted by atomic mass is 32.2. The summed E-state index contributed by atoms with van der Waals surface area (Å²) in [7, 11) is -4.45. The largest absolute Gasteiger partial charge is 0.404 e. The zero-order valence-corrected chi connectivity index (χ0v) is 18.7. The van der Waals surface area contributed by atoms with Crippen LogP contribution in [0.3, 0.4) is 0 Å². The van der Waals surface area contributed by atoms with Crippen LogP contribution in [0, 0.1) is 11.3 Å². The number of halogens is 3. The predicted molar refractivity (Wildman–Crippen MR) is 119 cm³/mol. The second-order valence-electron chi connectivity index (χ2n) is 8.29. The Bertz CT molecular complexity index is 1510. The molecule has 1 fully saturated rings. The molecular formula is C23H18F3N5O2S. The fourth-order valence-corrected chi connectivity index (χ4v) is 4.98. The molecule has 0 bridgehead atoms. The van der Waals surface area contributed by atoms with Gasteiger partial charge in [0.1, 0.15) is 17.0 Å². The first-order valence-corrected chi connectivity index (χ1v) is 12.0. The van der Waals surface area contributed by atoms with Gasteiger partial charge in [-0.3, -0.25) is 9.97 Å². The average molecular weight is 485 g/mol. The first-order valence-electron chi connectivity index (χ1n) is 10.5. The van der Waals surface area contributed by atoms with E-state index in [-0.39, 0.29) is 0 Å². The van der Waals surface area contributed by atoms with Crippen molar-refractivity contribution in [2.75, 3.05) is 0 Å². The van der Waals surface area contributed by atoms with Gasteiger partial charge in [0, 0.05) is 28.9 Å². The molecule has 2 aliphatic rings. The number of rotatable bonds is 6. The second-order valence-corrected chi connectivity index (χ2v) is 10.00. The molecule has 0 saturated heterocycles. The van der Waals surface area contributed by atoms with E-state index in [1.165, 1.54) is 12.1 Å². The zero-order valence-electron chi connectivity index (χ0n) is 17.8. The number of hydrogen-bond acceptors (Lipinski definition) is 5. The number of nitriles is 1. The SMILES string of the molecule is CC(NS(=O)(=O)c1ccc(-c2c(C#N)c3cc(C4CC4)ncc3n2C2=CC=C2)nc1)C(F)(F)F. The predicted octanol–water partition coefficient (Wildman–Crippen LogP) is 4.49. The molecule has 0 aromatic carbocycles. The van der Waals surface area contributed by atoms with E-state index in [2.05, 4.69) is 16.0 Å². The lowest BCUT2D eigenvalue weighted by Gasteiger charge is -2.17. The van der Waals surface area contributed by atoms with Gasteiger partial charge in [-0.05, 0) is 50.1 Å². The first kappa shape index (κ1) is 22.3. The third-order valence-corrected chi connectivity index (χ3v) is 7.41. The van der Waals surface area contributed by atoms with Crippen LogP contribution in [-0.4, -0.2) is 35.2 Å². The van der Waals surface area contributed by atoms with Gasteiger partial charge < -0.3 is 4.57 Å². The Morgan fingerprint density at radius 3 is 2.50 bits per heavy atom. The molecule has 7 nitrogen and oxygen atoms in total. The standard InChI is InChI=1S/C23H18F3N5O2S/c1-13(23(24,25)26)30-34(32,33)16-7-8-19(28-11-16)22-18(10-27)17-9-20(14-5-6-14)29-12-21(17)31(22)15-3-2-4-15/h2-4,7-9,11-14,30H,5-6H2,1H3. The molecule has 1 saturated carbocycles. The molecule has 3 aromatic rings. The number of allylic oxidation sites excluding steroid dienone is 4. The Labute approximate surface area is 193 Å². The van der Waals surface area contributed by atoms with Crippen LogP contribution in [0.2, 0.25) is 0 Å². The lowest BCUT2D eigenvalue weighted by molar-refractivity contribution is -0.147. The van der Waals surface area contributed by atoms with Gasteiger partial charge in [-0.25, -0.2) is 8.42 Å². The molecule has 0 amide bonds. The number of fused-ring (bicyclic) bond motifs is 1. The molecule has 5 rings (SSSR count). The lowest BCUT2D eigenvalue weighted by atomic mass is 10.1. The Morgan fingerprint density at radius 1 is 1.24 bits per heavy atom. The summed E-state index contributed by atoms with van der Waals surface area (Å²) in [6, 6.07) is 4.46. The summed E-state index contributed by atoms with van der Waals surface area (Å²) >= 11 is 0. The molecule has 34 heavy (non-hydrogen) atoms. The third kappa shape index (κ3) is 3.78. The van der Waals surface area contributed by atoms with Crippen molar-refractivity contribution in [2.24, 2.45) is 0 Å². The minimum atomic E-state index is -4.72. The molecule has 2 aliphatic carbocycles. The summed E-state index contributed by atoms with van der Waals surface area (Å²) in [5.41, 5.74) is 3.58. The van der Waals surface area contributed by atoms with Gasteiger partial charge >= 0.3 is 6.18 Å². The highest BCUT2D eigenvalue weighted by molar-refractivity contribution is 7.89. The van der Waals surface area contributed by atoms with E-state index >= 15 is 0 Å². The molecule has 1 unspecified atom stereocenters. The van der Waals surface area contributed by atoms with Crippen LogP contribution in [0.4, 0.5) is 13.2 Å². The molecule has 0 radical (unpaired) electrons. The van der Waals surface area contributed by atoms with Crippen molar-refractivity contribution < 1.29 is 21.6 Å². The summed E-state index contributed by atoms with van der Waals surface area (Å²) in [6.45, 7) is 0.723. The van der Waals surface area contributed by atoms with Gasteiger partial charge in [0.2, 0.25) is 10.0 Å². The summed E-state index contributed by atoms with van der Waals surface area (Å²) in [6.07, 6.45) is 5.67. The number of sulfonamides is 1. The Kier molecular flexibility index (Phi) is 5.11. The molecular weight excluding hydrogens is 467 g/mol.